The second kappa shape index (κ2) is 16.0. The normalized spacial score (nSPS) is 12.2. The monoisotopic (exact) mass is 1030 g/mol. The average molecular weight is 1030 g/mol. The Morgan fingerprint density at radius 3 is 0.613 bits per heavy atom. The van der Waals surface area contributed by atoms with Crippen molar-refractivity contribution in [2.75, 3.05) is 0 Å². The highest BCUT2D eigenvalue weighted by Crippen LogP contribution is 2.43. The average Bonchev–Trinajstić information content (AvgIpc) is 4.44. The molecule has 0 unspecified atom stereocenters. The molecule has 10 heterocycles. The molecule has 80 heavy (non-hydrogen) atoms. The third-order valence-electron chi connectivity index (χ3n) is 15.4. The number of aromatic amines is 4. The molecule has 0 radical (unpaired) electrons. The van der Waals surface area contributed by atoms with Crippen molar-refractivity contribution in [3.05, 3.63) is 182 Å². The van der Waals surface area contributed by atoms with E-state index in [9.17, 15) is 0 Å². The first-order valence-electron chi connectivity index (χ1n) is 26.1. The minimum absolute atomic E-state index is 0.496. The van der Waals surface area contributed by atoms with E-state index < -0.39 is 0 Å². The molecule has 8 aromatic carbocycles. The molecule has 4 aliphatic heterocycles. The summed E-state index contributed by atoms with van der Waals surface area (Å²) in [4.78, 5) is 77.6. The lowest BCUT2D eigenvalue weighted by Gasteiger charge is -2.07. The third kappa shape index (κ3) is 6.20. The molecule has 0 fully saturated rings. The number of fused-ring (bicyclic) bond motifs is 40. The molecule has 0 aliphatic carbocycles. The first kappa shape index (κ1) is 42.7. The summed E-state index contributed by atoms with van der Waals surface area (Å²) >= 11 is 0. The topological polar surface area (TPSA) is 218 Å². The van der Waals surface area contributed by atoms with E-state index in [1.165, 1.54) is 0 Å². The zero-order chi connectivity index (χ0) is 52.2. The van der Waals surface area contributed by atoms with Crippen LogP contribution >= 0.6 is 0 Å². The molecule has 16 heteroatoms. The molecule has 0 saturated carbocycles. The van der Waals surface area contributed by atoms with E-state index in [-0.39, 0.29) is 0 Å². The number of nitrogens with zero attached hydrogens (tertiary/aromatic N) is 12. The SMILES string of the molecule is c1ccc2c(c1)-c1nc-2nc2[nH]c(nc3nc(nc4[nH]c(n1)c1ccccc41)-c1ccccc1-3)c1c(-c3cccc4c5nc6nc(nc7[nH]c(nc8nc(nc([nH]5)c34)-c3ccccc3-8)c3ccccc73)-c3ccccc3-6)cccc21. The fourth-order valence-corrected chi connectivity index (χ4v) is 11.8. The second-order valence-corrected chi connectivity index (χ2v) is 19.9. The zero-order valence-corrected chi connectivity index (χ0v) is 41.7. The van der Waals surface area contributed by atoms with Gasteiger partial charge in [-0.15, -0.1) is 0 Å². The molecule has 6 aromatic heterocycles. The van der Waals surface area contributed by atoms with Crippen molar-refractivity contribution in [1.82, 2.24) is 79.7 Å². The molecule has 18 rings (SSSR count). The van der Waals surface area contributed by atoms with E-state index in [1.54, 1.807) is 0 Å². The molecule has 370 valence electrons. The van der Waals surface area contributed by atoms with Crippen molar-refractivity contribution in [2.24, 2.45) is 0 Å². The Bertz CT molecular complexity index is 5130. The lowest BCUT2D eigenvalue weighted by atomic mass is 9.96. The van der Waals surface area contributed by atoms with E-state index in [1.807, 2.05) is 158 Å². The van der Waals surface area contributed by atoms with Gasteiger partial charge in [-0.2, -0.15) is 0 Å². The van der Waals surface area contributed by atoms with E-state index in [0.717, 1.165) is 98.7 Å². The van der Waals surface area contributed by atoms with Gasteiger partial charge in [-0.25, -0.2) is 59.8 Å². The van der Waals surface area contributed by atoms with E-state index in [4.69, 9.17) is 59.8 Å². The van der Waals surface area contributed by atoms with Gasteiger partial charge in [0.15, 0.2) is 46.6 Å². The minimum atomic E-state index is 0.496. The van der Waals surface area contributed by atoms with Crippen LogP contribution in [-0.4, -0.2) is 79.7 Å². The summed E-state index contributed by atoms with van der Waals surface area (Å²) in [5.74, 6) is 4.13. The predicted molar refractivity (Wildman–Crippen MR) is 311 cm³/mol. The van der Waals surface area contributed by atoms with Crippen LogP contribution in [0.25, 0.3) is 190 Å². The fourth-order valence-electron chi connectivity index (χ4n) is 11.8. The van der Waals surface area contributed by atoms with Crippen molar-refractivity contribution in [1.29, 1.82) is 0 Å². The molecule has 0 saturated heterocycles. The maximum Gasteiger partial charge on any atom is 0.164 e. The maximum absolute atomic E-state index is 5.47. The van der Waals surface area contributed by atoms with Crippen LogP contribution in [0.4, 0.5) is 0 Å². The molecule has 4 N–H and O–H groups in total. The molecule has 0 spiro atoms. The Kier molecular flexibility index (Phi) is 8.54. The van der Waals surface area contributed by atoms with E-state index in [0.29, 0.717) is 91.8 Å². The molecular formula is C64H34N16. The lowest BCUT2D eigenvalue weighted by Crippen LogP contribution is -1.86. The molecular weight excluding hydrogens is 993 g/mol. The van der Waals surface area contributed by atoms with Gasteiger partial charge in [0.1, 0.15) is 45.2 Å². The van der Waals surface area contributed by atoms with Gasteiger partial charge in [0.05, 0.1) is 0 Å². The number of hydrogen-bond acceptors (Lipinski definition) is 12. The summed E-state index contributed by atoms with van der Waals surface area (Å²) in [5, 5.41) is 6.88. The van der Waals surface area contributed by atoms with Crippen molar-refractivity contribution >= 4 is 88.3 Å². The van der Waals surface area contributed by atoms with Crippen LogP contribution in [0.2, 0.25) is 0 Å². The van der Waals surface area contributed by atoms with Gasteiger partial charge in [-0.05, 0) is 11.1 Å². The molecule has 0 amide bonds. The molecule has 16 bridgehead atoms. The lowest BCUT2D eigenvalue weighted by molar-refractivity contribution is 1.19. The summed E-state index contributed by atoms with van der Waals surface area (Å²) < 4.78 is 0. The Morgan fingerprint density at radius 2 is 0.350 bits per heavy atom. The number of aromatic nitrogens is 16. The molecule has 4 aliphatic rings. The Hall–Kier alpha value is -11.5. The number of benzene rings is 8. The fraction of sp³-hybridized carbons (Fsp3) is 0. The summed E-state index contributed by atoms with van der Waals surface area (Å²) in [7, 11) is 0. The van der Waals surface area contributed by atoms with Crippen molar-refractivity contribution in [2.45, 2.75) is 0 Å². The van der Waals surface area contributed by atoms with Crippen LogP contribution in [0.3, 0.4) is 0 Å². The number of hydrogen-bond donors (Lipinski definition) is 4. The van der Waals surface area contributed by atoms with Crippen molar-refractivity contribution in [3.63, 3.8) is 0 Å². The Balaban J connectivity index is 0.970. The smallest absolute Gasteiger partial charge is 0.164 e. The largest absolute Gasteiger partial charge is 0.324 e. The Morgan fingerprint density at radius 1 is 0.163 bits per heavy atom. The summed E-state index contributed by atoms with van der Waals surface area (Å²) in [6, 6.07) is 60.8. The highest BCUT2D eigenvalue weighted by molar-refractivity contribution is 6.20. The first-order valence-corrected chi connectivity index (χ1v) is 26.1. The van der Waals surface area contributed by atoms with Crippen molar-refractivity contribution in [3.8, 4) is 102 Å². The van der Waals surface area contributed by atoms with E-state index in [2.05, 4.69) is 44.2 Å². The summed E-state index contributed by atoms with van der Waals surface area (Å²) in [6.07, 6.45) is 0. The van der Waals surface area contributed by atoms with E-state index >= 15 is 0 Å². The maximum atomic E-state index is 5.47. The van der Waals surface area contributed by atoms with Crippen molar-refractivity contribution < 1.29 is 0 Å². The highest BCUT2D eigenvalue weighted by Gasteiger charge is 2.26. The highest BCUT2D eigenvalue weighted by atomic mass is 15.1. The number of rotatable bonds is 1. The van der Waals surface area contributed by atoms with Crippen LogP contribution in [-0.2, 0) is 0 Å². The quantitative estimate of drug-likeness (QED) is 0.121. The van der Waals surface area contributed by atoms with Gasteiger partial charge in [-0.1, -0.05) is 182 Å². The predicted octanol–water partition coefficient (Wildman–Crippen LogP) is 13.7. The summed E-state index contributed by atoms with van der Waals surface area (Å²) in [5.41, 5.74) is 13.3. The first-order chi connectivity index (χ1) is 39.6. The minimum Gasteiger partial charge on any atom is -0.324 e. The van der Waals surface area contributed by atoms with Gasteiger partial charge in [0.25, 0.3) is 0 Å². The molecule has 14 aromatic rings. The summed E-state index contributed by atoms with van der Waals surface area (Å²) in [6.45, 7) is 0. The molecule has 0 atom stereocenters. The van der Waals surface area contributed by atoms with Gasteiger partial charge < -0.3 is 19.9 Å². The van der Waals surface area contributed by atoms with Crippen LogP contribution in [0.5, 0.6) is 0 Å². The van der Waals surface area contributed by atoms with Crippen LogP contribution < -0.4 is 0 Å². The standard InChI is InChI=1S/C64H34N16/c1-3-17-35-33(15-1)49-65-51(35)69-55-41-23-9-11-25-43(41)59(73-55)77-63-47-31(27-13-29-45(47)61(79-63)75-57-39-21-7-5-19-37(39)53(67-49)71-57)32-28-14-30-46-48(32)64-78-60-44-26-12-10-24-42(44)56(74-60)70-52-36-18-4-2-16-34(36)50(66-52)68-54-38-20-6-8-22-40(38)58(72-54)76-62(46)80-64/h1-30H,(H2,65,67,69,71,73,75,77,79)(H2,66,68,70,72,74,76,78,80). The number of nitrogens with one attached hydrogen (secondary N) is 4. The van der Waals surface area contributed by atoms with Gasteiger partial charge in [0, 0.05) is 87.6 Å². The van der Waals surface area contributed by atoms with Crippen LogP contribution in [0.1, 0.15) is 0 Å². The van der Waals surface area contributed by atoms with Crippen LogP contribution in [0, 0.1) is 0 Å². The van der Waals surface area contributed by atoms with Gasteiger partial charge >= 0.3 is 0 Å². The van der Waals surface area contributed by atoms with Gasteiger partial charge in [0.2, 0.25) is 0 Å². The zero-order valence-electron chi connectivity index (χ0n) is 41.7. The van der Waals surface area contributed by atoms with Gasteiger partial charge in [-0.3, -0.25) is 0 Å². The number of H-pyrrole nitrogens is 4. The Labute approximate surface area is 450 Å². The van der Waals surface area contributed by atoms with Crippen LogP contribution in [0.15, 0.2) is 182 Å². The molecule has 16 nitrogen and oxygen atoms in total. The third-order valence-corrected chi connectivity index (χ3v) is 15.4. The second-order valence-electron chi connectivity index (χ2n) is 19.9.